The molecule has 0 bridgehead atoms. The molecular formula is C11H12ClNO2. The number of amides is 1. The van der Waals surface area contributed by atoms with Crippen LogP contribution in [0, 0.1) is 5.41 Å². The fourth-order valence-corrected chi connectivity index (χ4v) is 1.63. The van der Waals surface area contributed by atoms with Gasteiger partial charge in [-0.25, -0.2) is 0 Å². The molecule has 1 aliphatic heterocycles. The number of benzene rings is 1. The lowest BCUT2D eigenvalue weighted by molar-refractivity contribution is -0.124. The summed E-state index contributed by atoms with van der Waals surface area (Å²) in [5, 5.41) is 1.80. The second-order valence-electron chi connectivity index (χ2n) is 4.21. The summed E-state index contributed by atoms with van der Waals surface area (Å²) in [6.45, 7) is 4.09. The predicted molar refractivity (Wildman–Crippen MR) is 58.7 cm³/mol. The molecule has 1 aliphatic rings. The van der Waals surface area contributed by atoms with Gasteiger partial charge >= 0.3 is 0 Å². The van der Waals surface area contributed by atoms with Crippen LogP contribution in [0.15, 0.2) is 24.3 Å². The highest BCUT2D eigenvalue weighted by Gasteiger charge is 2.41. The third-order valence-corrected chi connectivity index (χ3v) is 2.71. The van der Waals surface area contributed by atoms with E-state index in [1.54, 1.807) is 12.1 Å². The van der Waals surface area contributed by atoms with Crippen molar-refractivity contribution in [2.24, 2.45) is 5.41 Å². The second kappa shape index (κ2) is 3.51. The second-order valence-corrected chi connectivity index (χ2v) is 4.62. The first-order valence-corrected chi connectivity index (χ1v) is 5.12. The van der Waals surface area contributed by atoms with Gasteiger partial charge in [-0.3, -0.25) is 9.63 Å². The van der Waals surface area contributed by atoms with Crippen LogP contribution in [0.1, 0.15) is 13.8 Å². The van der Waals surface area contributed by atoms with Gasteiger partial charge in [0.05, 0.1) is 22.7 Å². The van der Waals surface area contributed by atoms with Gasteiger partial charge in [0.25, 0.3) is 5.91 Å². The molecule has 15 heavy (non-hydrogen) atoms. The minimum Gasteiger partial charge on any atom is -0.271 e. The lowest BCUT2D eigenvalue weighted by atomic mass is 9.95. The summed E-state index contributed by atoms with van der Waals surface area (Å²) in [7, 11) is 0. The number of carbonyl (C=O) groups is 1. The molecule has 0 saturated carbocycles. The van der Waals surface area contributed by atoms with Crippen LogP contribution in [0.4, 0.5) is 5.69 Å². The smallest absolute Gasteiger partial charge is 0.259 e. The molecule has 0 unspecified atom stereocenters. The molecule has 1 aromatic rings. The average Bonchev–Trinajstić information content (AvgIpc) is 2.44. The van der Waals surface area contributed by atoms with Gasteiger partial charge in [0.2, 0.25) is 0 Å². The van der Waals surface area contributed by atoms with Crippen molar-refractivity contribution >= 4 is 23.2 Å². The van der Waals surface area contributed by atoms with Crippen LogP contribution < -0.4 is 5.06 Å². The zero-order chi connectivity index (χ0) is 11.1. The molecule has 3 nitrogen and oxygen atoms in total. The highest BCUT2D eigenvalue weighted by molar-refractivity contribution is 6.33. The first kappa shape index (κ1) is 10.5. The number of halogens is 1. The van der Waals surface area contributed by atoms with Crippen molar-refractivity contribution in [2.45, 2.75) is 13.8 Å². The molecule has 0 radical (unpaired) electrons. The van der Waals surface area contributed by atoms with E-state index in [0.29, 0.717) is 17.3 Å². The Labute approximate surface area is 93.5 Å². The molecule has 0 atom stereocenters. The van der Waals surface area contributed by atoms with E-state index in [4.69, 9.17) is 16.4 Å². The lowest BCUT2D eigenvalue weighted by Crippen LogP contribution is -2.30. The maximum atomic E-state index is 11.9. The van der Waals surface area contributed by atoms with E-state index < -0.39 is 5.41 Å². The number of nitrogens with zero attached hydrogens (tertiary/aromatic N) is 1. The Morgan fingerprint density at radius 3 is 2.60 bits per heavy atom. The van der Waals surface area contributed by atoms with Crippen molar-refractivity contribution in [1.82, 2.24) is 0 Å². The summed E-state index contributed by atoms with van der Waals surface area (Å²) >= 11 is 5.99. The third-order valence-electron chi connectivity index (χ3n) is 2.39. The van der Waals surface area contributed by atoms with Crippen molar-refractivity contribution < 1.29 is 9.63 Å². The van der Waals surface area contributed by atoms with Gasteiger partial charge in [-0.05, 0) is 26.0 Å². The first-order chi connectivity index (χ1) is 7.02. The molecule has 0 spiro atoms. The maximum Gasteiger partial charge on any atom is 0.259 e. The number of rotatable bonds is 1. The van der Waals surface area contributed by atoms with Gasteiger partial charge in [-0.2, -0.15) is 5.06 Å². The number of carbonyl (C=O) groups excluding carboxylic acids is 1. The van der Waals surface area contributed by atoms with E-state index >= 15 is 0 Å². The Balaban J connectivity index is 2.35. The Morgan fingerprint density at radius 2 is 2.07 bits per heavy atom. The summed E-state index contributed by atoms with van der Waals surface area (Å²) in [6, 6.07) is 7.14. The fraction of sp³-hybridized carbons (Fsp3) is 0.364. The Kier molecular flexibility index (Phi) is 2.44. The molecule has 4 heteroatoms. The summed E-state index contributed by atoms with van der Waals surface area (Å²) in [5.74, 6) is -0.0596. The van der Waals surface area contributed by atoms with Gasteiger partial charge in [0, 0.05) is 0 Å². The molecule has 1 heterocycles. The number of hydrogen-bond donors (Lipinski definition) is 0. The quantitative estimate of drug-likeness (QED) is 0.736. The van der Waals surface area contributed by atoms with Gasteiger partial charge < -0.3 is 0 Å². The highest BCUT2D eigenvalue weighted by Crippen LogP contribution is 2.34. The molecule has 0 N–H and O–H groups in total. The van der Waals surface area contributed by atoms with Crippen LogP contribution in [0.3, 0.4) is 0 Å². The van der Waals surface area contributed by atoms with Crippen LogP contribution in [0.5, 0.6) is 0 Å². The first-order valence-electron chi connectivity index (χ1n) is 4.74. The van der Waals surface area contributed by atoms with E-state index in [0.717, 1.165) is 0 Å². The van der Waals surface area contributed by atoms with E-state index in [2.05, 4.69) is 0 Å². The van der Waals surface area contributed by atoms with Gasteiger partial charge in [-0.15, -0.1) is 0 Å². The summed E-state index contributed by atoms with van der Waals surface area (Å²) in [6.07, 6.45) is 0. The summed E-state index contributed by atoms with van der Waals surface area (Å²) < 4.78 is 0. The fourth-order valence-electron chi connectivity index (χ4n) is 1.42. The Bertz CT molecular complexity index is 403. The normalized spacial score (nSPS) is 19.7. The van der Waals surface area contributed by atoms with E-state index in [-0.39, 0.29) is 5.91 Å². The van der Waals surface area contributed by atoms with Crippen LogP contribution >= 0.6 is 11.6 Å². The van der Waals surface area contributed by atoms with Crippen LogP contribution in [0.25, 0.3) is 0 Å². The van der Waals surface area contributed by atoms with Crippen molar-refractivity contribution in [3.63, 3.8) is 0 Å². The summed E-state index contributed by atoms with van der Waals surface area (Å²) in [4.78, 5) is 17.3. The van der Waals surface area contributed by atoms with Crippen LogP contribution in [0.2, 0.25) is 5.02 Å². The molecule has 2 rings (SSSR count). The average molecular weight is 226 g/mol. The number of para-hydroxylation sites is 1. The summed E-state index contributed by atoms with van der Waals surface area (Å²) in [5.41, 5.74) is 0.133. The molecule has 0 aromatic heterocycles. The van der Waals surface area contributed by atoms with Gasteiger partial charge in [0.15, 0.2) is 0 Å². The highest BCUT2D eigenvalue weighted by atomic mass is 35.5. The van der Waals surface area contributed by atoms with Gasteiger partial charge in [0.1, 0.15) is 0 Å². The van der Waals surface area contributed by atoms with Crippen molar-refractivity contribution in [2.75, 3.05) is 11.7 Å². The minimum absolute atomic E-state index is 0.0596. The SMILES string of the molecule is CC1(C)CON(c2ccccc2Cl)C1=O. The maximum absolute atomic E-state index is 11.9. The van der Waals surface area contributed by atoms with Crippen LogP contribution in [-0.4, -0.2) is 12.5 Å². The van der Waals surface area contributed by atoms with Gasteiger partial charge in [-0.1, -0.05) is 23.7 Å². The molecule has 1 amide bonds. The van der Waals surface area contributed by atoms with E-state index in [9.17, 15) is 4.79 Å². The molecule has 0 aliphatic carbocycles. The van der Waals surface area contributed by atoms with Crippen LogP contribution in [-0.2, 0) is 9.63 Å². The van der Waals surface area contributed by atoms with E-state index in [1.165, 1.54) is 5.06 Å². The van der Waals surface area contributed by atoms with Crippen molar-refractivity contribution in [3.05, 3.63) is 29.3 Å². The Hall–Kier alpha value is -1.06. The molecular weight excluding hydrogens is 214 g/mol. The minimum atomic E-state index is -0.473. The predicted octanol–water partition coefficient (Wildman–Crippen LogP) is 2.64. The zero-order valence-corrected chi connectivity index (χ0v) is 9.41. The monoisotopic (exact) mass is 225 g/mol. The number of anilines is 1. The van der Waals surface area contributed by atoms with Crippen molar-refractivity contribution in [1.29, 1.82) is 0 Å². The lowest BCUT2D eigenvalue weighted by Gasteiger charge is -2.17. The third kappa shape index (κ3) is 1.73. The largest absolute Gasteiger partial charge is 0.271 e. The number of hydrogen-bond acceptors (Lipinski definition) is 2. The zero-order valence-electron chi connectivity index (χ0n) is 8.66. The molecule has 1 fully saturated rings. The van der Waals surface area contributed by atoms with Crippen molar-refractivity contribution in [3.8, 4) is 0 Å². The Morgan fingerprint density at radius 1 is 1.40 bits per heavy atom. The molecule has 1 saturated heterocycles. The molecule has 80 valence electrons. The number of hydroxylamine groups is 1. The molecule has 1 aromatic carbocycles. The van der Waals surface area contributed by atoms with E-state index in [1.807, 2.05) is 26.0 Å². The standard InChI is InChI=1S/C11H12ClNO2/c1-11(2)7-15-13(10(11)14)9-6-4-3-5-8(9)12/h3-6H,7H2,1-2H3. The topological polar surface area (TPSA) is 29.5 Å².